The molecule has 12 nitrogen and oxygen atoms in total. The predicted molar refractivity (Wildman–Crippen MR) is 232 cm³/mol. The van der Waals surface area contributed by atoms with E-state index in [1.807, 2.05) is 30.3 Å². The number of nitrogens with one attached hydrogen (secondary N) is 1. The zero-order chi connectivity index (χ0) is 42.0. The molecule has 0 unspecified atom stereocenters. The Balaban J connectivity index is 0.968. The van der Waals surface area contributed by atoms with Gasteiger partial charge in [0.1, 0.15) is 11.9 Å². The number of fused-ring (bicyclic) bond motifs is 2. The molecule has 0 radical (unpaired) electrons. The Kier molecular flexibility index (Phi) is 13.9. The number of esters is 1. The summed E-state index contributed by atoms with van der Waals surface area (Å²) < 4.78 is 54.9. The summed E-state index contributed by atoms with van der Waals surface area (Å²) in [4.78, 5) is 21.7. The third-order valence-electron chi connectivity index (χ3n) is 13.8. The van der Waals surface area contributed by atoms with Crippen LogP contribution < -0.4 is 10.1 Å². The van der Waals surface area contributed by atoms with Crippen molar-refractivity contribution >= 4 is 37.5 Å². The first kappa shape index (κ1) is 43.9. The minimum absolute atomic E-state index is 0.000988. The molecule has 2 aliphatic carbocycles. The third kappa shape index (κ3) is 10.6. The van der Waals surface area contributed by atoms with Gasteiger partial charge in [0, 0.05) is 37.5 Å². The van der Waals surface area contributed by atoms with E-state index in [1.165, 1.54) is 42.8 Å². The van der Waals surface area contributed by atoms with Crippen LogP contribution in [0.5, 0.6) is 5.75 Å². The van der Waals surface area contributed by atoms with Gasteiger partial charge in [-0.05, 0) is 118 Å². The molecule has 14 heteroatoms. The van der Waals surface area contributed by atoms with Crippen molar-refractivity contribution in [3.63, 3.8) is 0 Å². The first-order valence-corrected chi connectivity index (χ1v) is 24.7. The van der Waals surface area contributed by atoms with E-state index < -0.39 is 40.4 Å². The summed E-state index contributed by atoms with van der Waals surface area (Å²) in [6.07, 6.45) is 8.69. The van der Waals surface area contributed by atoms with Gasteiger partial charge in [-0.1, -0.05) is 45.7 Å². The molecule has 2 aromatic carbocycles. The van der Waals surface area contributed by atoms with Crippen molar-refractivity contribution in [2.75, 3.05) is 53.0 Å². The number of piperidine rings is 1. The highest BCUT2D eigenvalue weighted by Gasteiger charge is 2.50. The lowest BCUT2D eigenvalue weighted by molar-refractivity contribution is -0.153. The molecule has 0 spiro atoms. The van der Waals surface area contributed by atoms with Crippen LogP contribution in [0.15, 0.2) is 47.4 Å². The second-order valence-corrected chi connectivity index (χ2v) is 22.2. The van der Waals surface area contributed by atoms with Gasteiger partial charge in [-0.3, -0.25) is 4.79 Å². The van der Waals surface area contributed by atoms with Crippen molar-refractivity contribution in [2.24, 2.45) is 29.1 Å². The lowest BCUT2D eigenvalue weighted by Crippen LogP contribution is -2.45. The molecule has 3 saturated heterocycles. The van der Waals surface area contributed by atoms with E-state index in [2.05, 4.69) is 31.0 Å². The zero-order valence-electron chi connectivity index (χ0n) is 35.9. The Bertz CT molecular complexity index is 2010. The molecule has 2 N–H and O–H groups in total. The van der Waals surface area contributed by atoms with Crippen LogP contribution in [-0.4, -0.2) is 117 Å². The first-order chi connectivity index (χ1) is 28.9. The average Bonchev–Trinajstić information content (AvgIpc) is 3.76. The molecule has 0 bridgehead atoms. The van der Waals surface area contributed by atoms with Crippen LogP contribution in [0.3, 0.4) is 0 Å². The van der Waals surface area contributed by atoms with Crippen LogP contribution in [0.25, 0.3) is 10.2 Å². The van der Waals surface area contributed by atoms with Gasteiger partial charge in [-0.2, -0.15) is 4.31 Å². The molecular formula is C46H66N4O8S2. The summed E-state index contributed by atoms with van der Waals surface area (Å²) in [6.45, 7) is 10.4. The number of sulfonamides is 1. The molecule has 1 aromatic heterocycles. The van der Waals surface area contributed by atoms with Gasteiger partial charge in [0.25, 0.3) is 0 Å². The van der Waals surface area contributed by atoms with Crippen LogP contribution in [0.1, 0.15) is 89.1 Å². The number of nitrogens with zero attached hydrogens (tertiary/aromatic N) is 3. The fourth-order valence-corrected chi connectivity index (χ4v) is 12.7. The fourth-order valence-electron chi connectivity index (χ4n) is 9.83. The normalized spacial score (nSPS) is 25.9. The van der Waals surface area contributed by atoms with E-state index in [4.69, 9.17) is 23.9 Å². The maximum atomic E-state index is 14.7. The second-order valence-electron chi connectivity index (χ2n) is 19.1. The Hall–Kier alpha value is -2.69. The van der Waals surface area contributed by atoms with Crippen molar-refractivity contribution in [1.82, 2.24) is 19.5 Å². The summed E-state index contributed by atoms with van der Waals surface area (Å²) in [5.41, 5.74) is 1.55. The number of carbonyl (C=O) groups is 1. The van der Waals surface area contributed by atoms with Crippen LogP contribution in [0.4, 0.5) is 0 Å². The number of rotatable bonds is 19. The van der Waals surface area contributed by atoms with E-state index in [1.54, 1.807) is 30.6 Å². The molecule has 60 heavy (non-hydrogen) atoms. The van der Waals surface area contributed by atoms with E-state index in [-0.39, 0.29) is 48.4 Å². The molecule has 3 aliphatic heterocycles. The van der Waals surface area contributed by atoms with E-state index in [0.29, 0.717) is 30.6 Å². The summed E-state index contributed by atoms with van der Waals surface area (Å²) in [6, 6.07) is 13.6. The summed E-state index contributed by atoms with van der Waals surface area (Å²) >= 11 is 1.60. The number of likely N-dealkylation sites (tertiary alicyclic amines) is 1. The second kappa shape index (κ2) is 19.0. The highest BCUT2D eigenvalue weighted by Crippen LogP contribution is 2.46. The number of thiazole rings is 1. The monoisotopic (exact) mass is 866 g/mol. The van der Waals surface area contributed by atoms with Gasteiger partial charge in [0.2, 0.25) is 10.0 Å². The molecule has 4 heterocycles. The topological polar surface area (TPSA) is 140 Å². The highest BCUT2D eigenvalue weighted by molar-refractivity contribution is 7.89. The van der Waals surface area contributed by atoms with Crippen molar-refractivity contribution in [3.8, 4) is 5.75 Å². The Labute approximate surface area is 360 Å². The number of benzene rings is 2. The van der Waals surface area contributed by atoms with Gasteiger partial charge < -0.3 is 34.3 Å². The molecule has 5 fully saturated rings. The molecular weight excluding hydrogens is 801 g/mol. The lowest BCUT2D eigenvalue weighted by Gasteiger charge is -2.35. The van der Waals surface area contributed by atoms with Gasteiger partial charge in [-0.25, -0.2) is 13.4 Å². The average molecular weight is 867 g/mol. The van der Waals surface area contributed by atoms with E-state index >= 15 is 0 Å². The number of aliphatic hydroxyl groups excluding tert-OH is 1. The minimum Gasteiger partial charge on any atom is -0.497 e. The third-order valence-corrected chi connectivity index (χ3v) is 16.7. The number of carbonyl (C=O) groups excluding carboxylic acids is 1. The smallest absolute Gasteiger partial charge is 0.306 e. The van der Waals surface area contributed by atoms with E-state index in [9.17, 15) is 18.3 Å². The fraction of sp³-hybridized carbons (Fsp3) is 0.696. The molecule has 2 saturated carbocycles. The quantitative estimate of drug-likeness (QED) is 0.129. The zero-order valence-corrected chi connectivity index (χ0v) is 37.6. The highest BCUT2D eigenvalue weighted by atomic mass is 32.2. The lowest BCUT2D eigenvalue weighted by atomic mass is 9.90. The van der Waals surface area contributed by atoms with Crippen molar-refractivity contribution in [2.45, 2.75) is 127 Å². The summed E-state index contributed by atoms with van der Waals surface area (Å²) in [5, 5.41) is 16.7. The number of methoxy groups -OCH3 is 1. The van der Waals surface area contributed by atoms with Gasteiger partial charge in [-0.15, -0.1) is 11.3 Å². The molecule has 0 amide bonds. The molecule has 3 aromatic rings. The van der Waals surface area contributed by atoms with Crippen molar-refractivity contribution in [1.29, 1.82) is 0 Å². The Morgan fingerprint density at radius 1 is 1.07 bits per heavy atom. The summed E-state index contributed by atoms with van der Waals surface area (Å²) in [7, 11) is -2.42. The maximum absolute atomic E-state index is 14.7. The predicted octanol–water partition coefficient (Wildman–Crippen LogP) is 6.43. The Morgan fingerprint density at radius 3 is 2.50 bits per heavy atom. The number of aromatic nitrogens is 1. The SMILES string of the molecule is COc1ccc(C[C@H](CC(=O)O[C@H]2CO[C@H]3OC[C@H](NCC(C)C)[C@H]32)[C@H](O)CN(CC2(C)CC2)S(=O)(=O)c2ccc3nc(CC4CCN(C5CCCC5)CC4)sc3c2)cc1. The molecule has 8 rings (SSSR count). The van der Waals surface area contributed by atoms with Gasteiger partial charge in [0.05, 0.1) is 58.9 Å². The van der Waals surface area contributed by atoms with Crippen LogP contribution in [0, 0.1) is 29.1 Å². The largest absolute Gasteiger partial charge is 0.497 e. The number of aliphatic hydroxyl groups is 1. The number of hydrogen-bond acceptors (Lipinski definition) is 12. The molecule has 5 aliphatic rings. The van der Waals surface area contributed by atoms with E-state index in [0.717, 1.165) is 65.7 Å². The van der Waals surface area contributed by atoms with Crippen LogP contribution in [-0.2, 0) is 41.9 Å². The molecule has 330 valence electrons. The standard InChI is InChI=1S/C46H66N4O8S2/c1-30(2)25-47-38-27-56-45-44(38)40(28-57-45)58-43(52)23-33(21-31-9-11-35(55-4)12-10-31)39(51)26-50(29-46(3)17-18-46)60(53,54)36-13-14-37-41(24-36)59-42(48-37)22-32-15-19-49(20-16-32)34-7-5-6-8-34/h9-14,24,30,32-34,38-40,44-45,47,51H,5-8,15-23,25-29H2,1-4H3/t33-,38+,39-,40+,44+,45-/m1/s1. The Morgan fingerprint density at radius 2 is 1.80 bits per heavy atom. The summed E-state index contributed by atoms with van der Waals surface area (Å²) in [5.74, 6) is 0.528. The van der Waals surface area contributed by atoms with Crippen LogP contribution in [0.2, 0.25) is 0 Å². The number of ether oxygens (including phenoxy) is 4. The maximum Gasteiger partial charge on any atom is 0.306 e. The van der Waals surface area contributed by atoms with Crippen molar-refractivity contribution in [3.05, 3.63) is 53.0 Å². The van der Waals surface area contributed by atoms with Gasteiger partial charge >= 0.3 is 5.97 Å². The van der Waals surface area contributed by atoms with Crippen LogP contribution >= 0.6 is 11.3 Å². The first-order valence-electron chi connectivity index (χ1n) is 22.5. The molecule has 6 atom stereocenters. The number of hydrogen-bond donors (Lipinski definition) is 2. The van der Waals surface area contributed by atoms with Crippen molar-refractivity contribution < 1.29 is 37.3 Å². The van der Waals surface area contributed by atoms with Gasteiger partial charge in [0.15, 0.2) is 6.29 Å². The minimum atomic E-state index is -4.03.